The molecule has 0 aliphatic rings. The summed E-state index contributed by atoms with van der Waals surface area (Å²) in [4.78, 5) is -0.494. The van der Waals surface area contributed by atoms with Gasteiger partial charge in [-0.3, -0.25) is 0 Å². The SMILES string of the molecule is COc1cc(C#N)ccc1Oc1ccc(S(=O)(=O)C(F)F)cc1. The lowest BCUT2D eigenvalue weighted by Gasteiger charge is -2.11. The van der Waals surface area contributed by atoms with Gasteiger partial charge in [0.2, 0.25) is 9.84 Å². The Bertz CT molecular complexity index is 843. The van der Waals surface area contributed by atoms with Gasteiger partial charge in [0.1, 0.15) is 5.75 Å². The fourth-order valence-electron chi connectivity index (χ4n) is 1.75. The standard InChI is InChI=1S/C15H11F2NO4S/c1-21-14-8-10(9-18)2-7-13(14)22-11-3-5-12(6-4-11)23(19,20)15(16)17/h2-8,15H,1H3. The molecule has 0 radical (unpaired) electrons. The van der Waals surface area contributed by atoms with Crippen molar-refractivity contribution < 1.29 is 26.7 Å². The zero-order valence-corrected chi connectivity index (χ0v) is 12.7. The summed E-state index contributed by atoms with van der Waals surface area (Å²) in [5.74, 6) is -2.63. The summed E-state index contributed by atoms with van der Waals surface area (Å²) < 4.78 is 58.2. The van der Waals surface area contributed by atoms with Gasteiger partial charge in [0.25, 0.3) is 0 Å². The van der Waals surface area contributed by atoms with Crippen molar-refractivity contribution in [3.63, 3.8) is 0 Å². The van der Waals surface area contributed by atoms with Crippen LogP contribution in [-0.2, 0) is 9.84 Å². The molecule has 2 aromatic rings. The fraction of sp³-hybridized carbons (Fsp3) is 0.133. The van der Waals surface area contributed by atoms with E-state index in [-0.39, 0.29) is 5.75 Å². The molecule has 8 heteroatoms. The maximum Gasteiger partial charge on any atom is 0.341 e. The van der Waals surface area contributed by atoms with Crippen LogP contribution >= 0.6 is 0 Å². The van der Waals surface area contributed by atoms with Crippen LogP contribution in [0.25, 0.3) is 0 Å². The van der Waals surface area contributed by atoms with Crippen LogP contribution in [0, 0.1) is 11.3 Å². The van der Waals surface area contributed by atoms with Crippen LogP contribution in [0.1, 0.15) is 5.56 Å². The average Bonchev–Trinajstić information content (AvgIpc) is 2.55. The molecule has 0 aliphatic carbocycles. The van der Waals surface area contributed by atoms with Crippen LogP contribution in [0.4, 0.5) is 8.78 Å². The molecule has 0 aliphatic heterocycles. The van der Waals surface area contributed by atoms with Crippen molar-refractivity contribution >= 4 is 9.84 Å². The van der Waals surface area contributed by atoms with Crippen molar-refractivity contribution in [3.05, 3.63) is 48.0 Å². The second-order valence-corrected chi connectivity index (χ2v) is 6.27. The summed E-state index contributed by atoms with van der Waals surface area (Å²) in [7, 11) is -3.23. The number of ether oxygens (including phenoxy) is 2. The van der Waals surface area contributed by atoms with Gasteiger partial charge in [0, 0.05) is 6.07 Å². The normalized spacial score (nSPS) is 11.1. The number of nitrogens with zero attached hydrogens (tertiary/aromatic N) is 1. The lowest BCUT2D eigenvalue weighted by Crippen LogP contribution is -2.11. The minimum Gasteiger partial charge on any atom is -0.493 e. The second kappa shape index (κ2) is 6.62. The predicted octanol–water partition coefficient (Wildman–Crippen LogP) is 3.36. The Morgan fingerprint density at radius 1 is 1.09 bits per heavy atom. The molecule has 0 atom stereocenters. The van der Waals surface area contributed by atoms with Crippen molar-refractivity contribution in [2.24, 2.45) is 0 Å². The summed E-state index contributed by atoms with van der Waals surface area (Å²) in [6.45, 7) is 0. The monoisotopic (exact) mass is 339 g/mol. The van der Waals surface area contributed by atoms with E-state index in [0.29, 0.717) is 17.1 Å². The molecular weight excluding hydrogens is 328 g/mol. The number of nitriles is 1. The molecule has 2 rings (SSSR count). The third-order valence-corrected chi connectivity index (χ3v) is 4.31. The van der Waals surface area contributed by atoms with Crippen LogP contribution in [0.5, 0.6) is 17.2 Å². The first-order chi connectivity index (χ1) is 10.9. The number of benzene rings is 2. The first-order valence-corrected chi connectivity index (χ1v) is 7.81. The Morgan fingerprint density at radius 2 is 1.74 bits per heavy atom. The second-order valence-electron chi connectivity index (χ2n) is 4.36. The molecule has 0 fully saturated rings. The molecule has 2 aromatic carbocycles. The Kier molecular flexibility index (Phi) is 4.81. The first-order valence-electron chi connectivity index (χ1n) is 6.26. The molecule has 0 heterocycles. The third-order valence-electron chi connectivity index (χ3n) is 2.91. The van der Waals surface area contributed by atoms with Gasteiger partial charge in [-0.1, -0.05) is 0 Å². The zero-order valence-electron chi connectivity index (χ0n) is 11.9. The lowest BCUT2D eigenvalue weighted by molar-refractivity contribution is 0.234. The van der Waals surface area contributed by atoms with Gasteiger partial charge >= 0.3 is 5.76 Å². The van der Waals surface area contributed by atoms with E-state index < -0.39 is 20.5 Å². The maximum atomic E-state index is 12.5. The Morgan fingerprint density at radius 3 is 2.26 bits per heavy atom. The molecule has 23 heavy (non-hydrogen) atoms. The first kappa shape index (κ1) is 16.7. The maximum absolute atomic E-state index is 12.5. The van der Waals surface area contributed by atoms with Gasteiger partial charge < -0.3 is 9.47 Å². The van der Waals surface area contributed by atoms with Crippen molar-refractivity contribution in [2.45, 2.75) is 10.7 Å². The van der Waals surface area contributed by atoms with E-state index in [1.807, 2.05) is 6.07 Å². The number of methoxy groups -OCH3 is 1. The number of rotatable bonds is 5. The Balaban J connectivity index is 2.27. The highest BCUT2D eigenvalue weighted by Crippen LogP contribution is 2.32. The molecular formula is C15H11F2NO4S. The molecule has 0 spiro atoms. The molecule has 0 aromatic heterocycles. The van der Waals surface area contributed by atoms with Crippen molar-refractivity contribution in [1.29, 1.82) is 5.26 Å². The summed E-state index contributed by atoms with van der Waals surface area (Å²) in [5.41, 5.74) is 0.382. The van der Waals surface area contributed by atoms with Crippen molar-refractivity contribution in [1.82, 2.24) is 0 Å². The molecule has 0 bridgehead atoms. The summed E-state index contributed by atoms with van der Waals surface area (Å²) in [6, 6.07) is 11.1. The quantitative estimate of drug-likeness (QED) is 0.835. The van der Waals surface area contributed by atoms with Crippen LogP contribution in [-0.4, -0.2) is 21.3 Å². The van der Waals surface area contributed by atoms with Gasteiger partial charge in [-0.15, -0.1) is 0 Å². The third kappa shape index (κ3) is 3.57. The van der Waals surface area contributed by atoms with E-state index >= 15 is 0 Å². The molecule has 0 amide bonds. The Labute approximate surface area is 131 Å². The van der Waals surface area contributed by atoms with Crippen LogP contribution in [0.2, 0.25) is 0 Å². The summed E-state index contributed by atoms with van der Waals surface area (Å²) in [6.07, 6.45) is 0. The summed E-state index contributed by atoms with van der Waals surface area (Å²) in [5, 5.41) is 8.83. The van der Waals surface area contributed by atoms with Gasteiger partial charge in [-0.2, -0.15) is 14.0 Å². The van der Waals surface area contributed by atoms with Crippen molar-refractivity contribution in [2.75, 3.05) is 7.11 Å². The fourth-order valence-corrected chi connectivity index (χ4v) is 2.47. The van der Waals surface area contributed by atoms with Gasteiger partial charge in [-0.05, 0) is 36.4 Å². The van der Waals surface area contributed by atoms with E-state index in [1.54, 1.807) is 0 Å². The predicted molar refractivity (Wildman–Crippen MR) is 77.4 cm³/mol. The number of halogens is 2. The molecule has 0 N–H and O–H groups in total. The van der Waals surface area contributed by atoms with Gasteiger partial charge in [0.05, 0.1) is 23.6 Å². The van der Waals surface area contributed by atoms with E-state index in [9.17, 15) is 17.2 Å². The largest absolute Gasteiger partial charge is 0.493 e. The zero-order chi connectivity index (χ0) is 17.0. The molecule has 0 saturated heterocycles. The van der Waals surface area contributed by atoms with Crippen LogP contribution in [0.3, 0.4) is 0 Å². The highest BCUT2D eigenvalue weighted by Gasteiger charge is 2.26. The van der Waals surface area contributed by atoms with E-state index in [2.05, 4.69) is 0 Å². The highest BCUT2D eigenvalue weighted by atomic mass is 32.2. The smallest absolute Gasteiger partial charge is 0.341 e. The Hall–Kier alpha value is -2.66. The number of alkyl halides is 2. The highest BCUT2D eigenvalue weighted by molar-refractivity contribution is 7.91. The number of hydrogen-bond acceptors (Lipinski definition) is 5. The molecule has 120 valence electrons. The van der Waals surface area contributed by atoms with Gasteiger partial charge in [-0.25, -0.2) is 8.42 Å². The van der Waals surface area contributed by atoms with E-state index in [4.69, 9.17) is 14.7 Å². The average molecular weight is 339 g/mol. The minimum atomic E-state index is -4.64. The minimum absolute atomic E-state index is 0.237. The number of hydrogen-bond donors (Lipinski definition) is 0. The van der Waals surface area contributed by atoms with Gasteiger partial charge in [0.15, 0.2) is 11.5 Å². The topological polar surface area (TPSA) is 76.4 Å². The summed E-state index contributed by atoms with van der Waals surface area (Å²) >= 11 is 0. The molecule has 0 unspecified atom stereocenters. The van der Waals surface area contributed by atoms with E-state index in [1.165, 1.54) is 37.4 Å². The van der Waals surface area contributed by atoms with Crippen molar-refractivity contribution in [3.8, 4) is 23.3 Å². The van der Waals surface area contributed by atoms with Crippen LogP contribution < -0.4 is 9.47 Å². The molecule has 5 nitrogen and oxygen atoms in total. The number of sulfone groups is 1. The van der Waals surface area contributed by atoms with Crippen LogP contribution in [0.15, 0.2) is 47.4 Å². The lowest BCUT2D eigenvalue weighted by atomic mass is 10.2. The molecule has 0 saturated carbocycles. The van der Waals surface area contributed by atoms with E-state index in [0.717, 1.165) is 12.1 Å².